The van der Waals surface area contributed by atoms with Crippen LogP contribution in [0.4, 0.5) is 4.79 Å². The van der Waals surface area contributed by atoms with Gasteiger partial charge in [-0.15, -0.1) is 0 Å². The fourth-order valence-electron chi connectivity index (χ4n) is 2.55. The summed E-state index contributed by atoms with van der Waals surface area (Å²) in [4.78, 5) is 13.8. The summed E-state index contributed by atoms with van der Waals surface area (Å²) in [5.41, 5.74) is -0.386. The molecule has 2 heterocycles. The average molecular weight is 226 g/mol. The summed E-state index contributed by atoms with van der Waals surface area (Å²) in [5.74, 6) is 1.30. The van der Waals surface area contributed by atoms with Crippen LogP contribution in [0.25, 0.3) is 0 Å². The molecule has 4 heteroatoms. The third-order valence-electron chi connectivity index (χ3n) is 3.33. The molecular weight excluding hydrogens is 204 g/mol. The molecule has 0 bridgehead atoms. The first kappa shape index (κ1) is 11.7. The molecule has 0 saturated carbocycles. The van der Waals surface area contributed by atoms with Gasteiger partial charge in [-0.25, -0.2) is 4.79 Å². The molecule has 2 rings (SSSR count). The van der Waals surface area contributed by atoms with Crippen molar-refractivity contribution in [3.05, 3.63) is 0 Å². The van der Waals surface area contributed by atoms with Crippen molar-refractivity contribution in [3.8, 4) is 0 Å². The van der Waals surface area contributed by atoms with E-state index in [9.17, 15) is 4.79 Å². The number of piperidine rings is 1. The molecule has 0 aromatic carbocycles. The Labute approximate surface area is 97.3 Å². The largest absolute Gasteiger partial charge is 0.444 e. The first-order valence-corrected chi connectivity index (χ1v) is 6.14. The maximum Gasteiger partial charge on any atom is 0.410 e. The number of carbonyl (C=O) groups excluding carboxylic acids is 1. The van der Waals surface area contributed by atoms with Crippen LogP contribution in [0, 0.1) is 11.8 Å². The normalized spacial score (nSPS) is 30.1. The van der Waals surface area contributed by atoms with Crippen LogP contribution in [0.2, 0.25) is 0 Å². The molecule has 0 aliphatic carbocycles. The second-order valence-electron chi connectivity index (χ2n) is 5.90. The molecule has 2 aliphatic heterocycles. The zero-order valence-corrected chi connectivity index (χ0v) is 10.5. The lowest BCUT2D eigenvalue weighted by atomic mass is 9.90. The fraction of sp³-hybridized carbons (Fsp3) is 0.917. The van der Waals surface area contributed by atoms with Crippen molar-refractivity contribution in [2.24, 2.45) is 11.8 Å². The molecule has 0 radical (unpaired) electrons. The number of hydrogen-bond donors (Lipinski definition) is 1. The van der Waals surface area contributed by atoms with Crippen LogP contribution < -0.4 is 5.32 Å². The van der Waals surface area contributed by atoms with E-state index in [0.29, 0.717) is 11.8 Å². The number of likely N-dealkylation sites (tertiary alicyclic amines) is 1. The van der Waals surface area contributed by atoms with Crippen molar-refractivity contribution < 1.29 is 9.53 Å². The second-order valence-corrected chi connectivity index (χ2v) is 5.90. The summed E-state index contributed by atoms with van der Waals surface area (Å²) in [6, 6.07) is 0. The molecule has 2 aliphatic rings. The highest BCUT2D eigenvalue weighted by atomic mass is 16.6. The van der Waals surface area contributed by atoms with Crippen molar-refractivity contribution in [2.45, 2.75) is 32.8 Å². The zero-order valence-electron chi connectivity index (χ0n) is 10.5. The van der Waals surface area contributed by atoms with Crippen LogP contribution in [0.3, 0.4) is 0 Å². The van der Waals surface area contributed by atoms with Crippen LogP contribution in [0.15, 0.2) is 0 Å². The van der Waals surface area contributed by atoms with Gasteiger partial charge < -0.3 is 15.0 Å². The molecule has 2 atom stereocenters. The van der Waals surface area contributed by atoms with Gasteiger partial charge in [0.25, 0.3) is 0 Å². The minimum Gasteiger partial charge on any atom is -0.444 e. The van der Waals surface area contributed by atoms with Crippen molar-refractivity contribution in [1.29, 1.82) is 0 Å². The highest BCUT2D eigenvalue weighted by molar-refractivity contribution is 5.68. The molecular formula is C12H22N2O2. The Hall–Kier alpha value is -0.770. The SMILES string of the molecule is CC(C)(C)OC(=O)N1CC2CCNC[C@H]2C1. The minimum absolute atomic E-state index is 0.151. The first-order chi connectivity index (χ1) is 7.46. The van der Waals surface area contributed by atoms with E-state index in [0.717, 1.165) is 26.2 Å². The molecule has 0 aromatic rings. The van der Waals surface area contributed by atoms with Crippen LogP contribution in [0.5, 0.6) is 0 Å². The molecule has 1 unspecified atom stereocenters. The van der Waals surface area contributed by atoms with Gasteiger partial charge in [0.05, 0.1) is 0 Å². The Morgan fingerprint density at radius 2 is 2.00 bits per heavy atom. The topological polar surface area (TPSA) is 41.6 Å². The molecule has 92 valence electrons. The number of fused-ring (bicyclic) bond motifs is 1. The van der Waals surface area contributed by atoms with Gasteiger partial charge in [0.1, 0.15) is 5.60 Å². The fourth-order valence-corrected chi connectivity index (χ4v) is 2.55. The Morgan fingerprint density at radius 1 is 1.31 bits per heavy atom. The van der Waals surface area contributed by atoms with E-state index in [1.54, 1.807) is 0 Å². The molecule has 2 fully saturated rings. The highest BCUT2D eigenvalue weighted by Crippen LogP contribution is 2.28. The molecule has 1 amide bonds. The summed E-state index contributed by atoms with van der Waals surface area (Å²) < 4.78 is 5.39. The number of hydrogen-bond acceptors (Lipinski definition) is 3. The maximum absolute atomic E-state index is 11.9. The standard InChI is InChI=1S/C12H22N2O2/c1-12(2,3)16-11(15)14-7-9-4-5-13-6-10(9)8-14/h9-10,13H,4-8H2,1-3H3/t9?,10-/m0/s1. The predicted octanol–water partition coefficient (Wildman–Crippen LogP) is 1.46. The summed E-state index contributed by atoms with van der Waals surface area (Å²) in [5, 5.41) is 3.39. The van der Waals surface area contributed by atoms with Crippen molar-refractivity contribution in [2.75, 3.05) is 26.2 Å². The summed E-state index contributed by atoms with van der Waals surface area (Å²) >= 11 is 0. The van der Waals surface area contributed by atoms with Crippen molar-refractivity contribution in [3.63, 3.8) is 0 Å². The van der Waals surface area contributed by atoms with Gasteiger partial charge in [0.2, 0.25) is 0 Å². The Balaban J connectivity index is 1.90. The number of ether oxygens (including phenoxy) is 1. The van der Waals surface area contributed by atoms with Gasteiger partial charge in [0, 0.05) is 13.1 Å². The van der Waals surface area contributed by atoms with Gasteiger partial charge in [-0.2, -0.15) is 0 Å². The number of rotatable bonds is 0. The quantitative estimate of drug-likeness (QED) is 0.680. The summed E-state index contributed by atoms with van der Waals surface area (Å²) in [7, 11) is 0. The van der Waals surface area contributed by atoms with Crippen LogP contribution >= 0.6 is 0 Å². The lowest BCUT2D eigenvalue weighted by Crippen LogP contribution is -2.36. The smallest absolute Gasteiger partial charge is 0.410 e. The molecule has 1 N–H and O–H groups in total. The Morgan fingerprint density at radius 3 is 2.62 bits per heavy atom. The van der Waals surface area contributed by atoms with Crippen LogP contribution in [-0.2, 0) is 4.74 Å². The molecule has 2 saturated heterocycles. The lowest BCUT2D eigenvalue weighted by Gasteiger charge is -2.24. The third-order valence-corrected chi connectivity index (χ3v) is 3.33. The Kier molecular flexibility index (Phi) is 3.10. The minimum atomic E-state index is -0.386. The number of carbonyl (C=O) groups is 1. The number of amides is 1. The summed E-state index contributed by atoms with van der Waals surface area (Å²) in [6.45, 7) is 9.60. The zero-order chi connectivity index (χ0) is 11.8. The monoisotopic (exact) mass is 226 g/mol. The van der Waals surface area contributed by atoms with Gasteiger partial charge in [-0.3, -0.25) is 0 Å². The third kappa shape index (κ3) is 2.67. The van der Waals surface area contributed by atoms with Gasteiger partial charge in [-0.05, 0) is 52.1 Å². The van der Waals surface area contributed by atoms with Gasteiger partial charge in [-0.1, -0.05) is 0 Å². The average Bonchev–Trinajstić information content (AvgIpc) is 2.58. The van der Waals surface area contributed by atoms with Gasteiger partial charge >= 0.3 is 6.09 Å². The highest BCUT2D eigenvalue weighted by Gasteiger charge is 2.37. The van der Waals surface area contributed by atoms with Gasteiger partial charge in [0.15, 0.2) is 0 Å². The van der Waals surface area contributed by atoms with Crippen molar-refractivity contribution >= 4 is 6.09 Å². The predicted molar refractivity (Wildman–Crippen MR) is 62.3 cm³/mol. The number of nitrogens with one attached hydrogen (secondary N) is 1. The van der Waals surface area contributed by atoms with E-state index in [1.807, 2.05) is 25.7 Å². The maximum atomic E-state index is 11.9. The van der Waals surface area contributed by atoms with E-state index in [-0.39, 0.29) is 11.7 Å². The first-order valence-electron chi connectivity index (χ1n) is 6.14. The second kappa shape index (κ2) is 4.24. The summed E-state index contributed by atoms with van der Waals surface area (Å²) in [6.07, 6.45) is 1.03. The number of nitrogens with zero attached hydrogens (tertiary/aromatic N) is 1. The molecule has 16 heavy (non-hydrogen) atoms. The van der Waals surface area contributed by atoms with Crippen molar-refractivity contribution in [1.82, 2.24) is 10.2 Å². The van der Waals surface area contributed by atoms with E-state index in [4.69, 9.17) is 4.74 Å². The van der Waals surface area contributed by atoms with Crippen LogP contribution in [-0.4, -0.2) is 42.8 Å². The van der Waals surface area contributed by atoms with E-state index < -0.39 is 0 Å². The lowest BCUT2D eigenvalue weighted by molar-refractivity contribution is 0.0285. The van der Waals surface area contributed by atoms with E-state index >= 15 is 0 Å². The van der Waals surface area contributed by atoms with E-state index in [2.05, 4.69) is 5.32 Å². The molecule has 4 nitrogen and oxygen atoms in total. The van der Waals surface area contributed by atoms with E-state index in [1.165, 1.54) is 6.42 Å². The Bertz CT molecular complexity index is 259. The van der Waals surface area contributed by atoms with Crippen LogP contribution in [0.1, 0.15) is 27.2 Å². The molecule has 0 aromatic heterocycles. The molecule has 0 spiro atoms.